The molecule has 1 aliphatic heterocycles. The standard InChI is InChI=1S/C26H32ClN5OS/c1-4-19(2)32-13-11-31(12-14-32)18-20-5-7-21(8-6-20)24-16-23(9-10-28-24)30-34-25-15-22(27)17-29-26(25)33-3/h5-10,15-17,19H,4,11-14,18H2,1-3H3,(H,28,30). The third-order valence-electron chi connectivity index (χ3n) is 6.29. The molecule has 1 saturated heterocycles. The van der Waals surface area contributed by atoms with Gasteiger partial charge in [0.05, 0.1) is 22.7 Å². The van der Waals surface area contributed by atoms with Gasteiger partial charge in [-0.1, -0.05) is 42.8 Å². The van der Waals surface area contributed by atoms with Crippen molar-refractivity contribution in [3.05, 3.63) is 65.4 Å². The van der Waals surface area contributed by atoms with E-state index in [0.29, 0.717) is 16.9 Å². The van der Waals surface area contributed by atoms with Gasteiger partial charge in [0.15, 0.2) is 0 Å². The summed E-state index contributed by atoms with van der Waals surface area (Å²) in [5, 5.41) is 0.568. The smallest absolute Gasteiger partial charge is 0.228 e. The maximum absolute atomic E-state index is 6.09. The molecule has 0 saturated carbocycles. The molecular weight excluding hydrogens is 466 g/mol. The van der Waals surface area contributed by atoms with Crippen molar-refractivity contribution < 1.29 is 4.74 Å². The van der Waals surface area contributed by atoms with Crippen LogP contribution in [0.2, 0.25) is 5.02 Å². The van der Waals surface area contributed by atoms with Crippen LogP contribution in [0.25, 0.3) is 11.3 Å². The molecule has 2 aromatic heterocycles. The number of halogens is 1. The Morgan fingerprint density at radius 3 is 2.56 bits per heavy atom. The highest BCUT2D eigenvalue weighted by atomic mass is 35.5. The van der Waals surface area contributed by atoms with Crippen LogP contribution in [-0.2, 0) is 6.54 Å². The van der Waals surface area contributed by atoms with E-state index in [1.807, 2.05) is 24.4 Å². The van der Waals surface area contributed by atoms with E-state index in [-0.39, 0.29) is 0 Å². The maximum atomic E-state index is 6.09. The van der Waals surface area contributed by atoms with Crippen molar-refractivity contribution in [1.29, 1.82) is 0 Å². The van der Waals surface area contributed by atoms with E-state index in [4.69, 9.17) is 16.3 Å². The lowest BCUT2D eigenvalue weighted by Crippen LogP contribution is -2.48. The molecule has 1 N–H and O–H groups in total. The summed E-state index contributed by atoms with van der Waals surface area (Å²) in [6.07, 6.45) is 4.61. The van der Waals surface area contributed by atoms with Crippen LogP contribution in [0.4, 0.5) is 5.69 Å². The Hall–Kier alpha value is -2.32. The molecular formula is C26H32ClN5OS. The Bertz CT molecular complexity index is 1070. The summed E-state index contributed by atoms with van der Waals surface area (Å²) >= 11 is 7.49. The minimum absolute atomic E-state index is 0.535. The van der Waals surface area contributed by atoms with Crippen LogP contribution in [0, 0.1) is 0 Å². The van der Waals surface area contributed by atoms with Gasteiger partial charge in [0.25, 0.3) is 0 Å². The lowest BCUT2D eigenvalue weighted by Gasteiger charge is -2.37. The van der Waals surface area contributed by atoms with Gasteiger partial charge in [0.2, 0.25) is 5.88 Å². The Morgan fingerprint density at radius 2 is 1.85 bits per heavy atom. The van der Waals surface area contributed by atoms with Gasteiger partial charge in [-0.05, 0) is 49.1 Å². The van der Waals surface area contributed by atoms with Gasteiger partial charge >= 0.3 is 0 Å². The second-order valence-electron chi connectivity index (χ2n) is 8.56. The van der Waals surface area contributed by atoms with E-state index in [0.717, 1.165) is 54.6 Å². The maximum Gasteiger partial charge on any atom is 0.228 e. The number of aromatic nitrogens is 2. The number of pyridine rings is 2. The van der Waals surface area contributed by atoms with Gasteiger partial charge < -0.3 is 9.46 Å². The molecule has 8 heteroatoms. The van der Waals surface area contributed by atoms with Crippen molar-refractivity contribution in [3.63, 3.8) is 0 Å². The molecule has 0 bridgehead atoms. The fourth-order valence-electron chi connectivity index (χ4n) is 4.06. The summed E-state index contributed by atoms with van der Waals surface area (Å²) in [5.41, 5.74) is 4.31. The summed E-state index contributed by atoms with van der Waals surface area (Å²) in [4.78, 5) is 14.7. The highest BCUT2D eigenvalue weighted by molar-refractivity contribution is 8.00. The Balaban J connectivity index is 1.35. The van der Waals surface area contributed by atoms with Crippen molar-refractivity contribution >= 4 is 29.2 Å². The zero-order valence-electron chi connectivity index (χ0n) is 20.0. The quantitative estimate of drug-likeness (QED) is 0.372. The second kappa shape index (κ2) is 11.9. The van der Waals surface area contributed by atoms with Gasteiger partial charge in [0, 0.05) is 62.4 Å². The Morgan fingerprint density at radius 1 is 1.09 bits per heavy atom. The van der Waals surface area contributed by atoms with Gasteiger partial charge in [-0.3, -0.25) is 14.8 Å². The predicted molar refractivity (Wildman–Crippen MR) is 142 cm³/mol. The van der Waals surface area contributed by atoms with Crippen molar-refractivity contribution in [2.24, 2.45) is 0 Å². The zero-order chi connectivity index (χ0) is 23.9. The Kier molecular flexibility index (Phi) is 8.67. The fourth-order valence-corrected chi connectivity index (χ4v) is 5.05. The second-order valence-corrected chi connectivity index (χ2v) is 9.85. The third-order valence-corrected chi connectivity index (χ3v) is 7.35. The summed E-state index contributed by atoms with van der Waals surface area (Å²) in [5.74, 6) is 0.535. The molecule has 4 rings (SSSR count). The van der Waals surface area contributed by atoms with Crippen molar-refractivity contribution in [1.82, 2.24) is 19.8 Å². The average Bonchev–Trinajstić information content (AvgIpc) is 2.88. The first kappa shape index (κ1) is 24.8. The molecule has 3 aromatic rings. The number of nitrogens with zero attached hydrogens (tertiary/aromatic N) is 4. The van der Waals surface area contributed by atoms with E-state index >= 15 is 0 Å². The number of piperazine rings is 1. The fraction of sp³-hybridized carbons (Fsp3) is 0.385. The number of methoxy groups -OCH3 is 1. The van der Waals surface area contributed by atoms with Crippen LogP contribution in [0.1, 0.15) is 25.8 Å². The van der Waals surface area contributed by atoms with Gasteiger partial charge in [0.1, 0.15) is 0 Å². The molecule has 0 amide bonds. The molecule has 1 aromatic carbocycles. The third kappa shape index (κ3) is 6.42. The normalized spacial score (nSPS) is 15.8. The summed E-state index contributed by atoms with van der Waals surface area (Å²) in [7, 11) is 1.60. The summed E-state index contributed by atoms with van der Waals surface area (Å²) in [6.45, 7) is 10.2. The lowest BCUT2D eigenvalue weighted by atomic mass is 10.1. The summed E-state index contributed by atoms with van der Waals surface area (Å²) in [6, 6.07) is 15.2. The van der Waals surface area contributed by atoms with Crippen LogP contribution in [0.15, 0.2) is 59.8 Å². The van der Waals surface area contributed by atoms with E-state index in [9.17, 15) is 0 Å². The Labute approximate surface area is 211 Å². The van der Waals surface area contributed by atoms with E-state index in [2.05, 4.69) is 62.6 Å². The van der Waals surface area contributed by atoms with Crippen LogP contribution in [-0.4, -0.2) is 59.1 Å². The summed E-state index contributed by atoms with van der Waals surface area (Å²) < 4.78 is 8.66. The monoisotopic (exact) mass is 497 g/mol. The lowest BCUT2D eigenvalue weighted by molar-refractivity contribution is 0.0964. The van der Waals surface area contributed by atoms with Crippen molar-refractivity contribution in [2.45, 2.75) is 37.8 Å². The molecule has 6 nitrogen and oxygen atoms in total. The number of benzene rings is 1. The number of nitrogens with one attached hydrogen (secondary N) is 1. The highest BCUT2D eigenvalue weighted by Crippen LogP contribution is 2.31. The SMILES string of the molecule is CCC(C)N1CCN(Cc2ccc(-c3cc(NSc4cc(Cl)cnc4OC)ccn3)cc2)CC1. The highest BCUT2D eigenvalue weighted by Gasteiger charge is 2.20. The van der Waals surface area contributed by atoms with Crippen LogP contribution in [0.5, 0.6) is 5.88 Å². The van der Waals surface area contributed by atoms with Gasteiger partial charge in [-0.2, -0.15) is 0 Å². The number of hydrogen-bond donors (Lipinski definition) is 1. The zero-order valence-corrected chi connectivity index (χ0v) is 21.6. The topological polar surface area (TPSA) is 53.5 Å². The van der Waals surface area contributed by atoms with Gasteiger partial charge in [-0.25, -0.2) is 4.98 Å². The predicted octanol–water partition coefficient (Wildman–Crippen LogP) is 5.84. The van der Waals surface area contributed by atoms with Crippen LogP contribution >= 0.6 is 23.5 Å². The molecule has 1 unspecified atom stereocenters. The number of hydrogen-bond acceptors (Lipinski definition) is 7. The molecule has 1 aliphatic rings. The molecule has 0 radical (unpaired) electrons. The van der Waals surface area contributed by atoms with Crippen LogP contribution in [0.3, 0.4) is 0 Å². The first-order valence-electron chi connectivity index (χ1n) is 11.7. The molecule has 34 heavy (non-hydrogen) atoms. The van der Waals surface area contributed by atoms with Crippen molar-refractivity contribution in [3.8, 4) is 17.1 Å². The molecule has 1 atom stereocenters. The number of rotatable bonds is 9. The largest absolute Gasteiger partial charge is 0.480 e. The van der Waals surface area contributed by atoms with E-state index in [1.165, 1.54) is 23.9 Å². The first-order chi connectivity index (χ1) is 16.6. The van der Waals surface area contributed by atoms with E-state index in [1.54, 1.807) is 13.3 Å². The number of anilines is 1. The number of ether oxygens (including phenoxy) is 1. The van der Waals surface area contributed by atoms with Crippen molar-refractivity contribution in [2.75, 3.05) is 38.0 Å². The van der Waals surface area contributed by atoms with Crippen LogP contribution < -0.4 is 9.46 Å². The molecule has 0 spiro atoms. The molecule has 1 fully saturated rings. The van der Waals surface area contributed by atoms with Gasteiger partial charge in [-0.15, -0.1) is 0 Å². The molecule has 0 aliphatic carbocycles. The molecule has 3 heterocycles. The average molecular weight is 498 g/mol. The minimum atomic E-state index is 0.535. The molecule has 180 valence electrons. The van der Waals surface area contributed by atoms with E-state index < -0.39 is 0 Å². The minimum Gasteiger partial charge on any atom is -0.480 e. The first-order valence-corrected chi connectivity index (χ1v) is 12.9.